The van der Waals surface area contributed by atoms with Crippen molar-refractivity contribution in [1.82, 2.24) is 15.5 Å². The second kappa shape index (κ2) is 8.71. The lowest BCUT2D eigenvalue weighted by Gasteiger charge is -2.33. The number of likely N-dealkylation sites (N-methyl/N-ethyl adjacent to an activating group) is 1. The minimum Gasteiger partial charge on any atom is -0.490 e. The fraction of sp³-hybridized carbons (Fsp3) is 0.650. The van der Waals surface area contributed by atoms with E-state index < -0.39 is 0 Å². The predicted molar refractivity (Wildman–Crippen MR) is 105 cm³/mol. The first-order valence-electron chi connectivity index (χ1n) is 9.30. The average Bonchev–Trinajstić information content (AvgIpc) is 3.41. The number of guanidine groups is 1. The molecule has 1 aromatic rings. The zero-order chi connectivity index (χ0) is 19.3. The number of halogens is 1. The number of aliphatic imine (C=N–C) groups is 1. The Balaban J connectivity index is 1.92. The molecule has 146 valence electrons. The van der Waals surface area contributed by atoms with Crippen LogP contribution in [0.5, 0.6) is 5.75 Å². The molecule has 26 heavy (non-hydrogen) atoms. The summed E-state index contributed by atoms with van der Waals surface area (Å²) in [6, 6.07) is 5.09. The van der Waals surface area contributed by atoms with Gasteiger partial charge in [0.2, 0.25) is 0 Å². The molecule has 0 saturated heterocycles. The highest BCUT2D eigenvalue weighted by Gasteiger charge is 2.23. The van der Waals surface area contributed by atoms with Crippen molar-refractivity contribution >= 4 is 5.96 Å². The van der Waals surface area contributed by atoms with Gasteiger partial charge in [-0.25, -0.2) is 4.39 Å². The van der Waals surface area contributed by atoms with E-state index in [1.807, 2.05) is 13.0 Å². The number of nitrogens with one attached hydrogen (secondary N) is 2. The molecule has 0 spiro atoms. The Morgan fingerprint density at radius 1 is 1.38 bits per heavy atom. The molecule has 0 bridgehead atoms. The zero-order valence-electron chi connectivity index (χ0n) is 16.9. The molecule has 0 aliphatic heterocycles. The number of ether oxygens (including phenoxy) is 1. The van der Waals surface area contributed by atoms with E-state index in [-0.39, 0.29) is 17.4 Å². The van der Waals surface area contributed by atoms with Gasteiger partial charge in [-0.05, 0) is 71.3 Å². The number of hydrogen-bond donors (Lipinski definition) is 2. The molecule has 5 nitrogen and oxygen atoms in total. The van der Waals surface area contributed by atoms with Crippen molar-refractivity contribution < 1.29 is 9.13 Å². The summed E-state index contributed by atoms with van der Waals surface area (Å²) >= 11 is 0. The molecule has 1 aromatic carbocycles. The van der Waals surface area contributed by atoms with Crippen molar-refractivity contribution in [2.75, 3.05) is 34.3 Å². The molecule has 0 heterocycles. The molecule has 0 aromatic heterocycles. The van der Waals surface area contributed by atoms with Crippen LogP contribution in [-0.4, -0.2) is 50.7 Å². The molecule has 1 fully saturated rings. The third-order valence-electron chi connectivity index (χ3n) is 5.10. The van der Waals surface area contributed by atoms with Crippen molar-refractivity contribution in [2.45, 2.75) is 45.2 Å². The summed E-state index contributed by atoms with van der Waals surface area (Å²) in [5, 5.41) is 6.65. The van der Waals surface area contributed by atoms with E-state index >= 15 is 0 Å². The molecule has 0 amide bonds. The van der Waals surface area contributed by atoms with Gasteiger partial charge in [-0.3, -0.25) is 4.99 Å². The highest BCUT2D eigenvalue weighted by molar-refractivity contribution is 5.80. The first-order valence-corrected chi connectivity index (χ1v) is 9.30. The minimum absolute atomic E-state index is 0.00644. The second-order valence-electron chi connectivity index (χ2n) is 7.94. The van der Waals surface area contributed by atoms with Gasteiger partial charge >= 0.3 is 0 Å². The van der Waals surface area contributed by atoms with Gasteiger partial charge < -0.3 is 20.3 Å². The fourth-order valence-electron chi connectivity index (χ4n) is 2.34. The number of nitrogens with zero attached hydrogens (tertiary/aromatic N) is 2. The standard InChI is InChI=1S/C20H33FN4O/c1-14(24-19(22-4)23-13-20(2,3)25(5)6)16-9-10-18(17(21)11-16)26-12-15-7-8-15/h9-11,14-15H,7-8,12-13H2,1-6H3,(H2,22,23,24). The molecular weight excluding hydrogens is 331 g/mol. The summed E-state index contributed by atoms with van der Waals surface area (Å²) in [5.41, 5.74) is 0.851. The van der Waals surface area contributed by atoms with Gasteiger partial charge in [0, 0.05) is 19.1 Å². The fourth-order valence-corrected chi connectivity index (χ4v) is 2.34. The Morgan fingerprint density at radius 2 is 2.08 bits per heavy atom. The van der Waals surface area contributed by atoms with Gasteiger partial charge in [-0.1, -0.05) is 6.07 Å². The lowest BCUT2D eigenvalue weighted by molar-refractivity contribution is 0.197. The third-order valence-corrected chi connectivity index (χ3v) is 5.10. The monoisotopic (exact) mass is 364 g/mol. The van der Waals surface area contributed by atoms with Crippen LogP contribution in [0.3, 0.4) is 0 Å². The summed E-state index contributed by atoms with van der Waals surface area (Å²) in [7, 11) is 5.84. The van der Waals surface area contributed by atoms with Crippen LogP contribution in [-0.2, 0) is 0 Å². The summed E-state index contributed by atoms with van der Waals surface area (Å²) < 4.78 is 19.8. The van der Waals surface area contributed by atoms with E-state index in [0.29, 0.717) is 24.2 Å². The summed E-state index contributed by atoms with van der Waals surface area (Å²) in [4.78, 5) is 6.43. The molecule has 2 rings (SSSR count). The van der Waals surface area contributed by atoms with Crippen molar-refractivity contribution in [3.8, 4) is 5.75 Å². The molecule has 1 saturated carbocycles. The van der Waals surface area contributed by atoms with E-state index in [1.54, 1.807) is 13.1 Å². The Kier molecular flexibility index (Phi) is 6.87. The molecule has 1 unspecified atom stereocenters. The van der Waals surface area contributed by atoms with Crippen LogP contribution in [0, 0.1) is 11.7 Å². The first-order chi connectivity index (χ1) is 12.2. The first kappa shape index (κ1) is 20.5. The molecule has 1 atom stereocenters. The molecule has 6 heteroatoms. The van der Waals surface area contributed by atoms with Gasteiger partial charge in [0.05, 0.1) is 12.6 Å². The van der Waals surface area contributed by atoms with Crippen molar-refractivity contribution in [2.24, 2.45) is 10.9 Å². The smallest absolute Gasteiger partial charge is 0.191 e. The summed E-state index contributed by atoms with van der Waals surface area (Å²) in [6.45, 7) is 7.67. The van der Waals surface area contributed by atoms with E-state index in [1.165, 1.54) is 18.9 Å². The normalized spacial score (nSPS) is 16.5. The van der Waals surface area contributed by atoms with Gasteiger partial charge in [-0.2, -0.15) is 0 Å². The van der Waals surface area contributed by atoms with Crippen LogP contribution in [0.4, 0.5) is 4.39 Å². The Hall–Kier alpha value is -1.82. The lowest BCUT2D eigenvalue weighted by atomic mass is 10.0. The molecule has 1 aliphatic rings. The average molecular weight is 365 g/mol. The SMILES string of the molecule is CN=C(NCC(C)(C)N(C)C)NC(C)c1ccc(OCC2CC2)c(F)c1. The Labute approximate surface area is 157 Å². The number of rotatable bonds is 8. The third kappa shape index (κ3) is 5.87. The summed E-state index contributed by atoms with van der Waals surface area (Å²) in [6.07, 6.45) is 2.38. The zero-order valence-corrected chi connectivity index (χ0v) is 16.9. The quantitative estimate of drug-likeness (QED) is 0.549. The van der Waals surface area contributed by atoms with Crippen LogP contribution >= 0.6 is 0 Å². The highest BCUT2D eigenvalue weighted by atomic mass is 19.1. The van der Waals surface area contributed by atoms with Crippen LogP contribution in [0.15, 0.2) is 23.2 Å². The maximum Gasteiger partial charge on any atom is 0.191 e. The van der Waals surface area contributed by atoms with Crippen LogP contribution < -0.4 is 15.4 Å². The Morgan fingerprint density at radius 3 is 2.62 bits per heavy atom. The van der Waals surface area contributed by atoms with Crippen LogP contribution in [0.2, 0.25) is 0 Å². The van der Waals surface area contributed by atoms with Gasteiger partial charge in [0.25, 0.3) is 0 Å². The highest BCUT2D eigenvalue weighted by Crippen LogP contribution is 2.30. The number of benzene rings is 1. The van der Waals surface area contributed by atoms with E-state index in [0.717, 1.165) is 12.1 Å². The van der Waals surface area contributed by atoms with Crippen LogP contribution in [0.1, 0.15) is 45.2 Å². The number of hydrogen-bond acceptors (Lipinski definition) is 3. The van der Waals surface area contributed by atoms with Gasteiger partial charge in [0.1, 0.15) is 0 Å². The topological polar surface area (TPSA) is 48.9 Å². The second-order valence-corrected chi connectivity index (χ2v) is 7.94. The van der Waals surface area contributed by atoms with Gasteiger partial charge in [0.15, 0.2) is 17.5 Å². The molecular formula is C20H33FN4O. The Bertz CT molecular complexity index is 626. The van der Waals surface area contributed by atoms with Crippen molar-refractivity contribution in [3.05, 3.63) is 29.6 Å². The maximum atomic E-state index is 14.3. The van der Waals surface area contributed by atoms with Crippen molar-refractivity contribution in [3.63, 3.8) is 0 Å². The van der Waals surface area contributed by atoms with Crippen molar-refractivity contribution in [1.29, 1.82) is 0 Å². The lowest BCUT2D eigenvalue weighted by Crippen LogP contribution is -2.51. The minimum atomic E-state index is -0.312. The predicted octanol–water partition coefficient (Wildman–Crippen LogP) is 3.18. The van der Waals surface area contributed by atoms with Crippen LogP contribution in [0.25, 0.3) is 0 Å². The van der Waals surface area contributed by atoms with E-state index in [9.17, 15) is 4.39 Å². The maximum absolute atomic E-state index is 14.3. The van der Waals surface area contributed by atoms with Gasteiger partial charge in [-0.15, -0.1) is 0 Å². The van der Waals surface area contributed by atoms with E-state index in [4.69, 9.17) is 4.74 Å². The van der Waals surface area contributed by atoms with E-state index in [2.05, 4.69) is 48.5 Å². The molecule has 0 radical (unpaired) electrons. The summed E-state index contributed by atoms with van der Waals surface area (Å²) in [5.74, 6) is 1.33. The molecule has 1 aliphatic carbocycles. The molecule has 2 N–H and O–H groups in total. The largest absolute Gasteiger partial charge is 0.490 e.